The summed E-state index contributed by atoms with van der Waals surface area (Å²) < 4.78 is 33.2. The smallest absolute Gasteiger partial charge is 0.253 e. The molecule has 1 aliphatic rings. The minimum Gasteiger partial charge on any atom is -0.394 e. The van der Waals surface area contributed by atoms with Crippen LogP contribution in [0.5, 0.6) is 0 Å². The Balaban J connectivity index is 1.49. The van der Waals surface area contributed by atoms with Crippen LogP contribution in [-0.2, 0) is 14.8 Å². The maximum atomic E-state index is 12.4. The molecule has 0 spiro atoms. The highest BCUT2D eigenvalue weighted by molar-refractivity contribution is 7.89. The van der Waals surface area contributed by atoms with Gasteiger partial charge in [-0.1, -0.05) is 17.7 Å². The van der Waals surface area contributed by atoms with Crippen LogP contribution < -0.4 is 10.0 Å². The van der Waals surface area contributed by atoms with Crippen molar-refractivity contribution < 1.29 is 23.1 Å². The summed E-state index contributed by atoms with van der Waals surface area (Å²) in [5.74, 6) is -0.264. The monoisotopic (exact) mass is 433 g/mol. The molecule has 3 N–H and O–H groups in total. The lowest BCUT2D eigenvalue weighted by Crippen LogP contribution is -2.51. The number of amides is 1. The molecule has 0 aliphatic carbocycles. The molecular formula is C21H27N3O5S. The zero-order valence-electron chi connectivity index (χ0n) is 16.8. The number of hydrogen-bond donors (Lipinski definition) is 3. The Morgan fingerprint density at radius 2 is 2.00 bits per heavy atom. The van der Waals surface area contributed by atoms with Crippen molar-refractivity contribution in [2.45, 2.75) is 49.3 Å². The van der Waals surface area contributed by atoms with E-state index in [4.69, 9.17) is 4.74 Å². The molecule has 1 saturated heterocycles. The summed E-state index contributed by atoms with van der Waals surface area (Å²) >= 11 is 0. The molecule has 3 rings (SSSR count). The first-order valence-corrected chi connectivity index (χ1v) is 11.4. The Bertz CT molecular complexity index is 935. The fourth-order valence-corrected chi connectivity index (χ4v) is 4.46. The molecule has 1 fully saturated rings. The minimum absolute atomic E-state index is 0.200. The molecule has 8 nitrogen and oxygen atoms in total. The predicted molar refractivity (Wildman–Crippen MR) is 111 cm³/mol. The Morgan fingerprint density at radius 3 is 2.67 bits per heavy atom. The Kier molecular flexibility index (Phi) is 7.54. The van der Waals surface area contributed by atoms with E-state index in [1.165, 1.54) is 6.20 Å². The van der Waals surface area contributed by atoms with E-state index in [9.17, 15) is 18.3 Å². The van der Waals surface area contributed by atoms with Gasteiger partial charge in [0.1, 0.15) is 6.10 Å². The third-order valence-electron chi connectivity index (χ3n) is 5.13. The van der Waals surface area contributed by atoms with Crippen molar-refractivity contribution >= 4 is 15.9 Å². The van der Waals surface area contributed by atoms with E-state index < -0.39 is 16.1 Å². The van der Waals surface area contributed by atoms with E-state index in [1.54, 1.807) is 42.6 Å². The molecule has 0 saturated carbocycles. The summed E-state index contributed by atoms with van der Waals surface area (Å²) in [5.41, 5.74) is 1.44. The number of aromatic nitrogens is 1. The van der Waals surface area contributed by atoms with Crippen LogP contribution in [0.4, 0.5) is 0 Å². The summed E-state index contributed by atoms with van der Waals surface area (Å²) in [6.07, 6.45) is 4.09. The first-order chi connectivity index (χ1) is 14.4. The fraction of sp³-hybridized carbons (Fsp3) is 0.429. The van der Waals surface area contributed by atoms with Crippen LogP contribution in [0, 0.1) is 6.92 Å². The van der Waals surface area contributed by atoms with Crippen molar-refractivity contribution in [3.63, 3.8) is 0 Å². The first kappa shape index (κ1) is 22.4. The molecule has 2 heterocycles. The van der Waals surface area contributed by atoms with Gasteiger partial charge in [0.2, 0.25) is 10.0 Å². The number of pyridine rings is 1. The van der Waals surface area contributed by atoms with E-state index in [0.29, 0.717) is 24.8 Å². The van der Waals surface area contributed by atoms with Crippen LogP contribution in [0.15, 0.2) is 53.7 Å². The molecule has 0 unspecified atom stereocenters. The lowest BCUT2D eigenvalue weighted by molar-refractivity contribution is -0.0891. The fourth-order valence-electron chi connectivity index (χ4n) is 3.41. The molecule has 2 aromatic rings. The quantitative estimate of drug-likeness (QED) is 0.579. The molecule has 9 heteroatoms. The van der Waals surface area contributed by atoms with Crippen LogP contribution in [0.1, 0.15) is 35.2 Å². The largest absolute Gasteiger partial charge is 0.394 e. The second-order valence-electron chi connectivity index (χ2n) is 7.38. The number of carbonyl (C=O) groups is 1. The molecule has 0 bridgehead atoms. The molecule has 30 heavy (non-hydrogen) atoms. The average Bonchev–Trinajstić information content (AvgIpc) is 2.75. The molecule has 1 aliphatic heterocycles. The van der Waals surface area contributed by atoms with Crippen LogP contribution in [0.25, 0.3) is 0 Å². The van der Waals surface area contributed by atoms with Crippen LogP contribution >= 0.6 is 0 Å². The Hall–Kier alpha value is -2.33. The van der Waals surface area contributed by atoms with Gasteiger partial charge < -0.3 is 15.2 Å². The van der Waals surface area contributed by atoms with Crippen molar-refractivity contribution in [1.29, 1.82) is 0 Å². The molecule has 162 valence electrons. The number of carbonyl (C=O) groups excluding carboxylic acids is 1. The zero-order valence-corrected chi connectivity index (χ0v) is 17.6. The zero-order chi connectivity index (χ0) is 21.6. The number of benzene rings is 1. The Labute approximate surface area is 176 Å². The van der Waals surface area contributed by atoms with E-state index in [2.05, 4.69) is 15.0 Å². The highest BCUT2D eigenvalue weighted by Crippen LogP contribution is 2.22. The minimum atomic E-state index is -3.57. The Morgan fingerprint density at radius 1 is 1.23 bits per heavy atom. The predicted octanol–water partition coefficient (Wildman–Crippen LogP) is 1.40. The molecule has 1 aromatic heterocycles. The number of nitrogens with one attached hydrogen (secondary N) is 2. The van der Waals surface area contributed by atoms with Crippen molar-refractivity contribution in [3.8, 4) is 0 Å². The third kappa shape index (κ3) is 5.85. The number of aliphatic hydroxyl groups excluding tert-OH is 1. The van der Waals surface area contributed by atoms with Crippen molar-refractivity contribution in [1.82, 2.24) is 15.0 Å². The second-order valence-corrected chi connectivity index (χ2v) is 9.14. The number of aryl methyl sites for hydroxylation is 1. The summed E-state index contributed by atoms with van der Waals surface area (Å²) in [7, 11) is -3.57. The number of ether oxygens (including phenoxy) is 1. The van der Waals surface area contributed by atoms with E-state index >= 15 is 0 Å². The van der Waals surface area contributed by atoms with Gasteiger partial charge in [-0.05, 0) is 50.5 Å². The van der Waals surface area contributed by atoms with E-state index in [-0.39, 0.29) is 36.1 Å². The highest BCUT2D eigenvalue weighted by Gasteiger charge is 2.32. The maximum absolute atomic E-state index is 12.4. The lowest BCUT2D eigenvalue weighted by Gasteiger charge is -2.36. The molecule has 1 aromatic carbocycles. The van der Waals surface area contributed by atoms with Crippen LogP contribution in [0.3, 0.4) is 0 Å². The van der Waals surface area contributed by atoms with Crippen LogP contribution in [0.2, 0.25) is 0 Å². The summed E-state index contributed by atoms with van der Waals surface area (Å²) in [6.45, 7) is 1.89. The van der Waals surface area contributed by atoms with E-state index in [0.717, 1.165) is 5.56 Å². The normalized spacial score (nSPS) is 21.9. The van der Waals surface area contributed by atoms with Crippen LogP contribution in [-0.4, -0.2) is 55.8 Å². The van der Waals surface area contributed by atoms with Gasteiger partial charge in [-0.15, -0.1) is 0 Å². The van der Waals surface area contributed by atoms with E-state index in [1.807, 2.05) is 6.92 Å². The van der Waals surface area contributed by atoms with Crippen molar-refractivity contribution in [3.05, 3.63) is 59.9 Å². The summed E-state index contributed by atoms with van der Waals surface area (Å²) in [5, 5.41) is 12.6. The van der Waals surface area contributed by atoms with Gasteiger partial charge in [-0.3, -0.25) is 9.78 Å². The number of hydrogen-bond acceptors (Lipinski definition) is 6. The molecular weight excluding hydrogens is 406 g/mol. The summed E-state index contributed by atoms with van der Waals surface area (Å²) in [6, 6.07) is 9.70. The van der Waals surface area contributed by atoms with Crippen molar-refractivity contribution in [2.24, 2.45) is 0 Å². The standard InChI is InChI=1S/C21H27N3O5S/c1-15-4-7-18(8-5-15)30(27,28)23-12-10-17-6-9-19(20(14-25)29-17)24-21(26)16-3-2-11-22-13-16/h2-5,7-8,11,13,17,19-20,23,25H,6,9-10,12,14H2,1H3,(H,24,26)/t17-,19+,20-/m0/s1. The van der Waals surface area contributed by atoms with Gasteiger partial charge in [0.25, 0.3) is 5.91 Å². The van der Waals surface area contributed by atoms with Crippen molar-refractivity contribution in [2.75, 3.05) is 13.2 Å². The van der Waals surface area contributed by atoms with Gasteiger partial charge >= 0.3 is 0 Å². The first-order valence-electron chi connectivity index (χ1n) is 9.92. The van der Waals surface area contributed by atoms with Gasteiger partial charge in [-0.2, -0.15) is 0 Å². The third-order valence-corrected chi connectivity index (χ3v) is 6.60. The summed E-state index contributed by atoms with van der Waals surface area (Å²) in [4.78, 5) is 16.5. The highest BCUT2D eigenvalue weighted by atomic mass is 32.2. The lowest BCUT2D eigenvalue weighted by atomic mass is 9.97. The SMILES string of the molecule is Cc1ccc(S(=O)(=O)NCC[C@@H]2CC[C@@H](NC(=O)c3cccnc3)[C@H](CO)O2)cc1. The molecule has 0 radical (unpaired) electrons. The van der Waals surface area contributed by atoms with Gasteiger partial charge in [-0.25, -0.2) is 13.1 Å². The van der Waals surface area contributed by atoms with Gasteiger partial charge in [0.05, 0.1) is 29.2 Å². The number of rotatable bonds is 8. The maximum Gasteiger partial charge on any atom is 0.253 e. The topological polar surface area (TPSA) is 118 Å². The average molecular weight is 434 g/mol. The van der Waals surface area contributed by atoms with Gasteiger partial charge in [0.15, 0.2) is 0 Å². The number of aliphatic hydroxyl groups is 1. The number of sulfonamides is 1. The number of nitrogens with zero attached hydrogens (tertiary/aromatic N) is 1. The second kappa shape index (κ2) is 10.1. The molecule has 1 amide bonds. The molecule has 3 atom stereocenters. The van der Waals surface area contributed by atoms with Gasteiger partial charge in [0, 0.05) is 18.9 Å².